The van der Waals surface area contributed by atoms with Gasteiger partial charge in [0.1, 0.15) is 0 Å². The first-order valence-corrected chi connectivity index (χ1v) is 8.71. The summed E-state index contributed by atoms with van der Waals surface area (Å²) in [6, 6.07) is 10.3. The SMILES string of the molecule is O=C(N[C@@H]1CCCc2c1cnn2Cc1ccccc1)c1cnsn1. The first-order valence-electron chi connectivity index (χ1n) is 7.98. The molecule has 0 radical (unpaired) electrons. The number of carbonyl (C=O) groups excluding carboxylic acids is 1. The molecule has 0 aliphatic heterocycles. The highest BCUT2D eigenvalue weighted by molar-refractivity contribution is 6.99. The van der Waals surface area contributed by atoms with Crippen LogP contribution < -0.4 is 5.32 Å². The number of rotatable bonds is 4. The van der Waals surface area contributed by atoms with Gasteiger partial charge in [0, 0.05) is 11.3 Å². The number of fused-ring (bicyclic) bond motifs is 1. The highest BCUT2D eigenvalue weighted by Crippen LogP contribution is 2.30. The Balaban J connectivity index is 1.54. The Hall–Kier alpha value is -2.54. The van der Waals surface area contributed by atoms with E-state index in [1.54, 1.807) is 0 Å². The molecule has 0 fully saturated rings. The molecule has 2 heterocycles. The average Bonchev–Trinajstić information content (AvgIpc) is 3.27. The van der Waals surface area contributed by atoms with E-state index in [0.717, 1.165) is 43.1 Å². The second kappa shape index (κ2) is 6.52. The van der Waals surface area contributed by atoms with Gasteiger partial charge in [-0.2, -0.15) is 13.8 Å². The van der Waals surface area contributed by atoms with E-state index in [1.165, 1.54) is 17.5 Å². The Morgan fingerprint density at radius 2 is 2.17 bits per heavy atom. The minimum Gasteiger partial charge on any atom is -0.344 e. The van der Waals surface area contributed by atoms with Gasteiger partial charge < -0.3 is 5.32 Å². The molecule has 1 amide bonds. The zero-order valence-corrected chi connectivity index (χ0v) is 13.9. The largest absolute Gasteiger partial charge is 0.344 e. The number of aromatic nitrogens is 4. The van der Waals surface area contributed by atoms with Gasteiger partial charge in [0.2, 0.25) is 0 Å². The third-order valence-corrected chi connectivity index (χ3v) is 4.82. The summed E-state index contributed by atoms with van der Waals surface area (Å²) in [5, 5.41) is 7.62. The van der Waals surface area contributed by atoms with Crippen LogP contribution in [0.4, 0.5) is 0 Å². The Bertz CT molecular complexity index is 828. The molecule has 3 aromatic rings. The van der Waals surface area contributed by atoms with E-state index >= 15 is 0 Å². The predicted molar refractivity (Wildman–Crippen MR) is 90.8 cm³/mol. The van der Waals surface area contributed by atoms with Gasteiger partial charge in [-0.3, -0.25) is 9.48 Å². The smallest absolute Gasteiger partial charge is 0.273 e. The summed E-state index contributed by atoms with van der Waals surface area (Å²) in [6.07, 6.45) is 6.35. The fourth-order valence-electron chi connectivity index (χ4n) is 3.16. The van der Waals surface area contributed by atoms with Crippen LogP contribution in [0.1, 0.15) is 46.2 Å². The molecule has 2 aromatic heterocycles. The monoisotopic (exact) mass is 339 g/mol. The standard InChI is InChI=1S/C17H17N5OS/c23-17(15-10-19-24-21-15)20-14-7-4-8-16-13(14)9-18-22(16)11-12-5-2-1-3-6-12/h1-3,5-6,9-10,14H,4,7-8,11H2,(H,20,23)/t14-/m1/s1. The van der Waals surface area contributed by atoms with E-state index in [4.69, 9.17) is 0 Å². The molecule has 1 aliphatic rings. The highest BCUT2D eigenvalue weighted by atomic mass is 32.1. The van der Waals surface area contributed by atoms with E-state index in [2.05, 4.69) is 31.3 Å². The zero-order valence-electron chi connectivity index (χ0n) is 13.1. The molecule has 4 rings (SSSR count). The van der Waals surface area contributed by atoms with Crippen molar-refractivity contribution in [1.82, 2.24) is 23.8 Å². The van der Waals surface area contributed by atoms with Crippen molar-refractivity contribution in [3.8, 4) is 0 Å². The van der Waals surface area contributed by atoms with Crippen LogP contribution in [0.15, 0.2) is 42.7 Å². The van der Waals surface area contributed by atoms with Crippen LogP contribution in [0, 0.1) is 0 Å². The summed E-state index contributed by atoms with van der Waals surface area (Å²) in [6.45, 7) is 0.757. The van der Waals surface area contributed by atoms with Crippen LogP contribution in [-0.2, 0) is 13.0 Å². The normalized spacial score (nSPS) is 16.6. The molecule has 1 atom stereocenters. The fraction of sp³-hybridized carbons (Fsp3) is 0.294. The maximum absolute atomic E-state index is 12.2. The summed E-state index contributed by atoms with van der Waals surface area (Å²) in [5.74, 6) is -0.169. The molecule has 0 spiro atoms. The number of nitrogens with zero attached hydrogens (tertiary/aromatic N) is 4. The molecular weight excluding hydrogens is 322 g/mol. The van der Waals surface area contributed by atoms with Crippen LogP contribution in [-0.4, -0.2) is 24.4 Å². The molecular formula is C17H17N5OS. The maximum Gasteiger partial charge on any atom is 0.273 e. The van der Waals surface area contributed by atoms with Crippen LogP contribution in [0.3, 0.4) is 0 Å². The second-order valence-corrected chi connectivity index (χ2v) is 6.46. The van der Waals surface area contributed by atoms with Crippen molar-refractivity contribution in [3.63, 3.8) is 0 Å². The molecule has 122 valence electrons. The summed E-state index contributed by atoms with van der Waals surface area (Å²) >= 11 is 1.04. The molecule has 1 N–H and O–H groups in total. The van der Waals surface area contributed by atoms with Crippen LogP contribution in [0.2, 0.25) is 0 Å². The van der Waals surface area contributed by atoms with Gasteiger partial charge in [-0.25, -0.2) is 0 Å². The molecule has 0 saturated carbocycles. The minimum absolute atomic E-state index is 0.00697. The van der Waals surface area contributed by atoms with Gasteiger partial charge >= 0.3 is 0 Å². The summed E-state index contributed by atoms with van der Waals surface area (Å²) < 4.78 is 9.93. The Morgan fingerprint density at radius 1 is 1.29 bits per heavy atom. The lowest BCUT2D eigenvalue weighted by molar-refractivity contribution is 0.0928. The molecule has 7 heteroatoms. The minimum atomic E-state index is -0.169. The molecule has 0 bridgehead atoms. The van der Waals surface area contributed by atoms with Crippen molar-refractivity contribution < 1.29 is 4.79 Å². The van der Waals surface area contributed by atoms with Gasteiger partial charge in [-0.1, -0.05) is 30.3 Å². The van der Waals surface area contributed by atoms with Gasteiger partial charge in [0.15, 0.2) is 5.69 Å². The zero-order chi connectivity index (χ0) is 16.4. The predicted octanol–water partition coefficient (Wildman–Crippen LogP) is 2.59. The first kappa shape index (κ1) is 15.0. The molecule has 0 saturated heterocycles. The molecule has 1 aliphatic carbocycles. The number of nitrogens with one attached hydrogen (secondary N) is 1. The fourth-order valence-corrected chi connectivity index (χ4v) is 3.57. The lowest BCUT2D eigenvalue weighted by Crippen LogP contribution is -2.31. The number of benzene rings is 1. The van der Waals surface area contributed by atoms with Crippen LogP contribution in [0.5, 0.6) is 0 Å². The van der Waals surface area contributed by atoms with E-state index in [1.807, 2.05) is 29.1 Å². The Morgan fingerprint density at radius 3 is 2.96 bits per heavy atom. The van der Waals surface area contributed by atoms with Crippen molar-refractivity contribution in [2.75, 3.05) is 0 Å². The van der Waals surface area contributed by atoms with Crippen LogP contribution in [0.25, 0.3) is 0 Å². The second-order valence-electron chi connectivity index (χ2n) is 5.90. The quantitative estimate of drug-likeness (QED) is 0.793. The maximum atomic E-state index is 12.2. The third-order valence-electron chi connectivity index (χ3n) is 4.34. The third kappa shape index (κ3) is 2.94. The number of amides is 1. The van der Waals surface area contributed by atoms with Gasteiger partial charge in [-0.15, -0.1) is 0 Å². The summed E-state index contributed by atoms with van der Waals surface area (Å²) in [7, 11) is 0. The van der Waals surface area contributed by atoms with Gasteiger partial charge in [0.05, 0.1) is 36.7 Å². The average molecular weight is 339 g/mol. The van der Waals surface area contributed by atoms with E-state index < -0.39 is 0 Å². The highest BCUT2D eigenvalue weighted by Gasteiger charge is 2.26. The summed E-state index contributed by atoms with van der Waals surface area (Å²) in [4.78, 5) is 12.2. The summed E-state index contributed by atoms with van der Waals surface area (Å²) in [5.41, 5.74) is 3.94. The molecule has 0 unspecified atom stereocenters. The molecule has 6 nitrogen and oxygen atoms in total. The van der Waals surface area contributed by atoms with Gasteiger partial charge in [-0.05, 0) is 24.8 Å². The van der Waals surface area contributed by atoms with Crippen molar-refractivity contribution in [2.24, 2.45) is 0 Å². The van der Waals surface area contributed by atoms with Crippen LogP contribution >= 0.6 is 11.7 Å². The Kier molecular flexibility index (Phi) is 4.08. The Labute approximate surface area is 143 Å². The number of hydrogen-bond acceptors (Lipinski definition) is 5. The topological polar surface area (TPSA) is 72.7 Å². The molecule has 1 aromatic carbocycles. The van der Waals surface area contributed by atoms with E-state index in [-0.39, 0.29) is 11.9 Å². The number of hydrogen-bond donors (Lipinski definition) is 1. The van der Waals surface area contributed by atoms with Crippen molar-refractivity contribution >= 4 is 17.6 Å². The van der Waals surface area contributed by atoms with E-state index in [9.17, 15) is 4.79 Å². The van der Waals surface area contributed by atoms with Crippen molar-refractivity contribution in [2.45, 2.75) is 31.8 Å². The molecule has 24 heavy (non-hydrogen) atoms. The van der Waals surface area contributed by atoms with Gasteiger partial charge in [0.25, 0.3) is 5.91 Å². The lowest BCUT2D eigenvalue weighted by Gasteiger charge is -2.24. The van der Waals surface area contributed by atoms with E-state index in [0.29, 0.717) is 5.69 Å². The lowest BCUT2D eigenvalue weighted by atomic mass is 9.93. The van der Waals surface area contributed by atoms with Crippen molar-refractivity contribution in [3.05, 3.63) is 65.2 Å². The first-order chi connectivity index (χ1) is 11.8. The van der Waals surface area contributed by atoms with Crippen molar-refractivity contribution in [1.29, 1.82) is 0 Å². The number of carbonyl (C=O) groups is 1.